The molecule has 0 amide bonds. The lowest BCUT2D eigenvalue weighted by atomic mass is 10.3. The summed E-state index contributed by atoms with van der Waals surface area (Å²) >= 11 is 1.63. The third-order valence-corrected chi connectivity index (χ3v) is 4.62. The number of hydrogen-bond acceptors (Lipinski definition) is 5. The van der Waals surface area contributed by atoms with Crippen LogP contribution in [0.2, 0.25) is 0 Å². The van der Waals surface area contributed by atoms with Gasteiger partial charge in [-0.05, 0) is 26.0 Å². The quantitative estimate of drug-likeness (QED) is 0.585. The molecule has 0 aliphatic heterocycles. The van der Waals surface area contributed by atoms with Gasteiger partial charge >= 0.3 is 0 Å². The second kappa shape index (κ2) is 9.44. The Hall–Kier alpha value is -1.86. The first-order valence-electron chi connectivity index (χ1n) is 8.13. The normalized spacial score (nSPS) is 13.1. The number of guanidine groups is 1. The minimum atomic E-state index is 0.0317. The molecule has 0 radical (unpaired) electrons. The Morgan fingerprint density at radius 2 is 2.38 bits per heavy atom. The molecule has 0 aliphatic carbocycles. The summed E-state index contributed by atoms with van der Waals surface area (Å²) in [5, 5.41) is 6.40. The minimum Gasteiger partial charge on any atom is -0.469 e. The highest BCUT2D eigenvalue weighted by atomic mass is 32.1. The smallest absolute Gasteiger partial charge is 0.194 e. The Kier molecular flexibility index (Phi) is 7.27. The first kappa shape index (κ1) is 18.5. The van der Waals surface area contributed by atoms with E-state index in [0.717, 1.165) is 35.4 Å². The van der Waals surface area contributed by atoms with Crippen molar-refractivity contribution >= 4 is 17.3 Å². The molecule has 0 fully saturated rings. The van der Waals surface area contributed by atoms with Gasteiger partial charge in [0, 0.05) is 39.0 Å². The summed E-state index contributed by atoms with van der Waals surface area (Å²) in [4.78, 5) is 11.4. The highest BCUT2D eigenvalue weighted by molar-refractivity contribution is 7.09. The largest absolute Gasteiger partial charge is 0.469 e. The number of rotatable bonds is 8. The van der Waals surface area contributed by atoms with Crippen molar-refractivity contribution in [3.8, 4) is 0 Å². The summed E-state index contributed by atoms with van der Waals surface area (Å²) in [5.74, 6) is 1.83. The van der Waals surface area contributed by atoms with Gasteiger partial charge in [-0.25, -0.2) is 4.98 Å². The second-order valence-electron chi connectivity index (χ2n) is 5.48. The number of aromatic nitrogens is 1. The Morgan fingerprint density at radius 3 is 3.04 bits per heavy atom. The molecule has 2 heterocycles. The standard InChI is InChI=1S/C17H26N4O2S/c1-5-18-17(19-9-8-15-7-6-10-23-15)21(3)11-14-12-24-16(20-14)13(2)22-4/h6-7,10,12-13H,5,8-9,11H2,1-4H3,(H,18,19). The molecular weight excluding hydrogens is 324 g/mol. The SMILES string of the molecule is CCNC(=NCCc1ccco1)N(C)Cc1csc(C(C)OC)n1. The van der Waals surface area contributed by atoms with Crippen LogP contribution >= 0.6 is 11.3 Å². The van der Waals surface area contributed by atoms with E-state index in [0.29, 0.717) is 13.1 Å². The van der Waals surface area contributed by atoms with E-state index < -0.39 is 0 Å². The van der Waals surface area contributed by atoms with Crippen LogP contribution in [0.5, 0.6) is 0 Å². The number of hydrogen-bond donors (Lipinski definition) is 1. The average Bonchev–Trinajstić information content (AvgIpc) is 3.25. The zero-order valence-corrected chi connectivity index (χ0v) is 15.6. The molecule has 24 heavy (non-hydrogen) atoms. The molecule has 0 bridgehead atoms. The first-order valence-corrected chi connectivity index (χ1v) is 9.01. The zero-order chi connectivity index (χ0) is 17.4. The summed E-state index contributed by atoms with van der Waals surface area (Å²) in [6.45, 7) is 6.29. The predicted molar refractivity (Wildman–Crippen MR) is 97.4 cm³/mol. The van der Waals surface area contributed by atoms with Gasteiger partial charge in [-0.15, -0.1) is 11.3 Å². The van der Waals surface area contributed by atoms with Crippen molar-refractivity contribution in [2.75, 3.05) is 27.2 Å². The van der Waals surface area contributed by atoms with Crippen LogP contribution in [0.4, 0.5) is 0 Å². The van der Waals surface area contributed by atoms with Crippen LogP contribution in [0.1, 0.15) is 36.4 Å². The Labute approximate surface area is 147 Å². The van der Waals surface area contributed by atoms with Gasteiger partial charge in [0.15, 0.2) is 5.96 Å². The summed E-state index contributed by atoms with van der Waals surface area (Å²) < 4.78 is 10.7. The van der Waals surface area contributed by atoms with E-state index in [4.69, 9.17) is 9.15 Å². The third kappa shape index (κ3) is 5.35. The molecule has 0 aromatic carbocycles. The molecule has 2 aromatic rings. The molecule has 2 aromatic heterocycles. The number of ether oxygens (including phenoxy) is 1. The minimum absolute atomic E-state index is 0.0317. The van der Waals surface area contributed by atoms with Gasteiger partial charge < -0.3 is 19.4 Å². The summed E-state index contributed by atoms with van der Waals surface area (Å²) in [6, 6.07) is 3.87. The van der Waals surface area contributed by atoms with Crippen LogP contribution in [-0.4, -0.2) is 43.1 Å². The lowest BCUT2D eigenvalue weighted by Gasteiger charge is -2.21. The van der Waals surface area contributed by atoms with Crippen LogP contribution in [0.25, 0.3) is 0 Å². The maximum atomic E-state index is 5.34. The van der Waals surface area contributed by atoms with E-state index in [1.54, 1.807) is 24.7 Å². The molecule has 0 saturated carbocycles. The first-order chi connectivity index (χ1) is 11.6. The fourth-order valence-electron chi connectivity index (χ4n) is 2.20. The van der Waals surface area contributed by atoms with Crippen LogP contribution in [0, 0.1) is 0 Å². The van der Waals surface area contributed by atoms with Crippen molar-refractivity contribution in [1.82, 2.24) is 15.2 Å². The fraction of sp³-hybridized carbons (Fsp3) is 0.529. The summed E-state index contributed by atoms with van der Waals surface area (Å²) in [6.07, 6.45) is 2.52. The number of nitrogens with zero attached hydrogens (tertiary/aromatic N) is 3. The van der Waals surface area contributed by atoms with Gasteiger partial charge in [0.05, 0.1) is 18.5 Å². The number of aliphatic imine (C=N–C) groups is 1. The maximum Gasteiger partial charge on any atom is 0.194 e. The molecule has 6 nitrogen and oxygen atoms in total. The monoisotopic (exact) mass is 350 g/mol. The lowest BCUT2D eigenvalue weighted by molar-refractivity contribution is 0.119. The number of methoxy groups -OCH3 is 1. The van der Waals surface area contributed by atoms with Gasteiger partial charge in [-0.3, -0.25) is 4.99 Å². The molecule has 2 rings (SSSR count). The van der Waals surface area contributed by atoms with Crippen LogP contribution in [-0.2, 0) is 17.7 Å². The summed E-state index contributed by atoms with van der Waals surface area (Å²) in [5.41, 5.74) is 1.03. The highest BCUT2D eigenvalue weighted by Crippen LogP contribution is 2.20. The molecule has 1 N–H and O–H groups in total. The summed E-state index contributed by atoms with van der Waals surface area (Å²) in [7, 11) is 3.72. The fourth-order valence-corrected chi connectivity index (χ4v) is 3.04. The van der Waals surface area contributed by atoms with Crippen molar-refractivity contribution in [1.29, 1.82) is 0 Å². The molecule has 1 atom stereocenters. The lowest BCUT2D eigenvalue weighted by Crippen LogP contribution is -2.38. The van der Waals surface area contributed by atoms with Crippen molar-refractivity contribution in [3.63, 3.8) is 0 Å². The zero-order valence-electron chi connectivity index (χ0n) is 14.8. The van der Waals surface area contributed by atoms with E-state index in [1.807, 2.05) is 26.1 Å². The molecule has 1 unspecified atom stereocenters. The van der Waals surface area contributed by atoms with E-state index >= 15 is 0 Å². The number of furan rings is 1. The molecule has 0 spiro atoms. The number of nitrogens with one attached hydrogen (secondary N) is 1. The van der Waals surface area contributed by atoms with Gasteiger partial charge in [0.25, 0.3) is 0 Å². The van der Waals surface area contributed by atoms with Crippen LogP contribution < -0.4 is 5.32 Å². The molecule has 0 saturated heterocycles. The highest BCUT2D eigenvalue weighted by Gasteiger charge is 2.12. The molecular formula is C17H26N4O2S. The van der Waals surface area contributed by atoms with E-state index in [-0.39, 0.29) is 6.10 Å². The van der Waals surface area contributed by atoms with Crippen molar-refractivity contribution in [2.45, 2.75) is 32.9 Å². The second-order valence-corrected chi connectivity index (χ2v) is 6.37. The van der Waals surface area contributed by atoms with Gasteiger partial charge in [0.2, 0.25) is 0 Å². The average molecular weight is 350 g/mol. The van der Waals surface area contributed by atoms with Gasteiger partial charge in [0.1, 0.15) is 16.9 Å². The molecule has 132 valence electrons. The molecule has 7 heteroatoms. The molecule has 0 aliphatic rings. The van der Waals surface area contributed by atoms with E-state index in [1.165, 1.54) is 0 Å². The Balaban J connectivity index is 1.94. The van der Waals surface area contributed by atoms with E-state index in [2.05, 4.69) is 32.5 Å². The Morgan fingerprint density at radius 1 is 1.54 bits per heavy atom. The van der Waals surface area contributed by atoms with Crippen molar-refractivity contribution in [2.24, 2.45) is 4.99 Å². The van der Waals surface area contributed by atoms with Crippen LogP contribution in [0.3, 0.4) is 0 Å². The maximum absolute atomic E-state index is 5.34. The Bertz CT molecular complexity index is 624. The van der Waals surface area contributed by atoms with Crippen molar-refractivity contribution in [3.05, 3.63) is 40.2 Å². The predicted octanol–water partition coefficient (Wildman–Crippen LogP) is 3.08. The topological polar surface area (TPSA) is 62.9 Å². The number of thiazole rings is 1. The van der Waals surface area contributed by atoms with E-state index in [9.17, 15) is 0 Å². The third-order valence-electron chi connectivity index (χ3n) is 3.57. The van der Waals surface area contributed by atoms with Crippen LogP contribution in [0.15, 0.2) is 33.2 Å². The van der Waals surface area contributed by atoms with Crippen molar-refractivity contribution < 1.29 is 9.15 Å². The van der Waals surface area contributed by atoms with Gasteiger partial charge in [-0.2, -0.15) is 0 Å². The van der Waals surface area contributed by atoms with Gasteiger partial charge in [-0.1, -0.05) is 0 Å².